The minimum absolute atomic E-state index is 0.00107. The summed E-state index contributed by atoms with van der Waals surface area (Å²) in [6, 6.07) is 7.83. The van der Waals surface area contributed by atoms with Crippen LogP contribution in [0.1, 0.15) is 19.8 Å². The maximum Gasteiger partial charge on any atom is 0.238 e. The summed E-state index contributed by atoms with van der Waals surface area (Å²) < 4.78 is 0. The van der Waals surface area contributed by atoms with E-state index in [4.69, 9.17) is 0 Å². The molecule has 2 N–H and O–H groups in total. The van der Waals surface area contributed by atoms with Crippen molar-refractivity contribution in [1.29, 1.82) is 0 Å². The highest BCUT2D eigenvalue weighted by atomic mass is 32.2. The molecule has 1 aromatic carbocycles. The molecule has 1 aliphatic heterocycles. The van der Waals surface area contributed by atoms with Gasteiger partial charge in [0.05, 0.1) is 12.2 Å². The second-order valence-corrected chi connectivity index (χ2v) is 7.49. The third-order valence-corrected chi connectivity index (χ3v) is 5.20. The third-order valence-electron chi connectivity index (χ3n) is 4.13. The van der Waals surface area contributed by atoms with E-state index in [-0.39, 0.29) is 17.9 Å². The Balaban J connectivity index is 1.93. The first-order chi connectivity index (χ1) is 11.1. The summed E-state index contributed by atoms with van der Waals surface area (Å²) in [6.07, 6.45) is 3.89. The average molecular weight is 334 g/mol. The molecular formula is C18H26N2O2S. The number of hydrogen-bond acceptors (Lipinski definition) is 4. The number of para-hydroxylation sites is 1. The van der Waals surface area contributed by atoms with Gasteiger partial charge in [0.15, 0.2) is 0 Å². The number of hydrogen-bond donors (Lipinski definition) is 2. The number of piperidine rings is 1. The zero-order valence-corrected chi connectivity index (χ0v) is 14.6. The molecule has 1 fully saturated rings. The van der Waals surface area contributed by atoms with Crippen molar-refractivity contribution in [3.63, 3.8) is 0 Å². The quantitative estimate of drug-likeness (QED) is 0.594. The number of aliphatic hydroxyl groups is 1. The molecule has 1 aliphatic rings. The van der Waals surface area contributed by atoms with Gasteiger partial charge in [-0.1, -0.05) is 25.1 Å². The van der Waals surface area contributed by atoms with E-state index in [1.54, 1.807) is 11.8 Å². The Labute approximate surface area is 143 Å². The molecule has 0 radical (unpaired) electrons. The standard InChI is InChI=1S/C18H26N2O2S/c1-3-11-23-16-8-5-4-7-15(16)19-17(22)12-20-10-6-9-18(2,13-20)14-21/h3-5,7-8,21H,1,6,9-14H2,2H3,(H,19,22). The fourth-order valence-electron chi connectivity index (χ4n) is 2.93. The maximum atomic E-state index is 12.4. The van der Waals surface area contributed by atoms with Crippen molar-refractivity contribution < 1.29 is 9.90 Å². The van der Waals surface area contributed by atoms with Crippen LogP contribution in [0.4, 0.5) is 5.69 Å². The van der Waals surface area contributed by atoms with Gasteiger partial charge < -0.3 is 10.4 Å². The second-order valence-electron chi connectivity index (χ2n) is 6.43. The van der Waals surface area contributed by atoms with E-state index in [1.807, 2.05) is 30.3 Å². The number of nitrogens with one attached hydrogen (secondary N) is 1. The highest BCUT2D eigenvalue weighted by Gasteiger charge is 2.31. The van der Waals surface area contributed by atoms with Gasteiger partial charge >= 0.3 is 0 Å². The Morgan fingerprint density at radius 2 is 2.30 bits per heavy atom. The molecule has 1 heterocycles. The smallest absolute Gasteiger partial charge is 0.238 e. The number of rotatable bonds is 7. The zero-order chi connectivity index (χ0) is 16.7. The highest BCUT2D eigenvalue weighted by Crippen LogP contribution is 2.29. The number of nitrogens with zero attached hydrogens (tertiary/aromatic N) is 1. The minimum Gasteiger partial charge on any atom is -0.396 e. The van der Waals surface area contributed by atoms with Crippen molar-refractivity contribution in [3.8, 4) is 0 Å². The highest BCUT2D eigenvalue weighted by molar-refractivity contribution is 7.99. The summed E-state index contributed by atoms with van der Waals surface area (Å²) in [5, 5.41) is 12.5. The first-order valence-electron chi connectivity index (χ1n) is 8.02. The van der Waals surface area contributed by atoms with E-state index < -0.39 is 0 Å². The number of carbonyl (C=O) groups is 1. The Morgan fingerprint density at radius 1 is 1.52 bits per heavy atom. The lowest BCUT2D eigenvalue weighted by molar-refractivity contribution is -0.118. The lowest BCUT2D eigenvalue weighted by Crippen LogP contribution is -2.46. The third kappa shape index (κ3) is 5.37. The van der Waals surface area contributed by atoms with Gasteiger partial charge in [-0.15, -0.1) is 18.3 Å². The second kappa shape index (κ2) is 8.52. The Hall–Kier alpha value is -1.30. The van der Waals surface area contributed by atoms with Gasteiger partial charge in [0.1, 0.15) is 0 Å². The van der Waals surface area contributed by atoms with E-state index in [9.17, 15) is 9.90 Å². The van der Waals surface area contributed by atoms with Gasteiger partial charge in [0.25, 0.3) is 0 Å². The van der Waals surface area contributed by atoms with Gasteiger partial charge in [-0.25, -0.2) is 0 Å². The molecule has 0 saturated carbocycles. The lowest BCUT2D eigenvalue weighted by atomic mass is 9.83. The molecule has 4 nitrogen and oxygen atoms in total. The molecule has 1 atom stereocenters. The molecule has 126 valence electrons. The van der Waals surface area contributed by atoms with E-state index in [0.717, 1.165) is 42.3 Å². The number of benzene rings is 1. The topological polar surface area (TPSA) is 52.6 Å². The van der Waals surface area contributed by atoms with Crippen LogP contribution in [-0.4, -0.2) is 47.9 Å². The van der Waals surface area contributed by atoms with Gasteiger partial charge in [0, 0.05) is 29.2 Å². The lowest BCUT2D eigenvalue weighted by Gasteiger charge is -2.38. The van der Waals surface area contributed by atoms with Crippen LogP contribution >= 0.6 is 11.8 Å². The van der Waals surface area contributed by atoms with Crippen molar-refractivity contribution in [2.45, 2.75) is 24.7 Å². The number of anilines is 1. The van der Waals surface area contributed by atoms with Crippen LogP contribution in [0.25, 0.3) is 0 Å². The number of carbonyl (C=O) groups excluding carboxylic acids is 1. The van der Waals surface area contributed by atoms with Crippen molar-refractivity contribution >= 4 is 23.4 Å². The van der Waals surface area contributed by atoms with Crippen LogP contribution in [0.15, 0.2) is 41.8 Å². The van der Waals surface area contributed by atoms with Crippen molar-refractivity contribution in [2.24, 2.45) is 5.41 Å². The fourth-order valence-corrected chi connectivity index (χ4v) is 3.68. The zero-order valence-electron chi connectivity index (χ0n) is 13.8. The summed E-state index contributed by atoms with van der Waals surface area (Å²) in [5.41, 5.74) is 0.766. The van der Waals surface area contributed by atoms with E-state index in [2.05, 4.69) is 23.7 Å². The molecule has 1 amide bonds. The molecular weight excluding hydrogens is 308 g/mol. The molecule has 1 aromatic rings. The van der Waals surface area contributed by atoms with Crippen LogP contribution in [0, 0.1) is 5.41 Å². The van der Waals surface area contributed by atoms with Crippen LogP contribution < -0.4 is 5.32 Å². The molecule has 2 rings (SSSR count). The molecule has 0 aromatic heterocycles. The molecule has 5 heteroatoms. The predicted octanol–water partition coefficient (Wildman–Crippen LogP) is 3.00. The van der Waals surface area contributed by atoms with Crippen LogP contribution in [0.3, 0.4) is 0 Å². The van der Waals surface area contributed by atoms with Gasteiger partial charge in [-0.05, 0) is 31.5 Å². The first kappa shape index (κ1) is 18.0. The average Bonchev–Trinajstić information content (AvgIpc) is 2.54. The Bertz CT molecular complexity index is 550. The molecule has 0 bridgehead atoms. The molecule has 1 unspecified atom stereocenters. The number of thioether (sulfide) groups is 1. The van der Waals surface area contributed by atoms with Crippen molar-refractivity contribution in [2.75, 3.05) is 37.3 Å². The molecule has 0 spiro atoms. The number of amides is 1. The summed E-state index contributed by atoms with van der Waals surface area (Å²) in [6.45, 7) is 8.04. The van der Waals surface area contributed by atoms with Gasteiger partial charge in [-0.2, -0.15) is 0 Å². The number of aliphatic hydroxyl groups excluding tert-OH is 1. The van der Waals surface area contributed by atoms with E-state index in [0.29, 0.717) is 6.54 Å². The maximum absolute atomic E-state index is 12.4. The molecule has 0 aliphatic carbocycles. The summed E-state index contributed by atoms with van der Waals surface area (Å²) >= 11 is 1.66. The predicted molar refractivity (Wildman–Crippen MR) is 96.9 cm³/mol. The molecule has 23 heavy (non-hydrogen) atoms. The van der Waals surface area contributed by atoms with Crippen LogP contribution in [0.2, 0.25) is 0 Å². The summed E-state index contributed by atoms with van der Waals surface area (Å²) in [7, 11) is 0. The normalized spacial score (nSPS) is 21.8. The van der Waals surface area contributed by atoms with Gasteiger partial charge in [-0.3, -0.25) is 9.69 Å². The summed E-state index contributed by atoms with van der Waals surface area (Å²) in [4.78, 5) is 15.6. The summed E-state index contributed by atoms with van der Waals surface area (Å²) in [5.74, 6) is 0.812. The Kier molecular flexibility index (Phi) is 6.69. The minimum atomic E-state index is -0.0871. The monoisotopic (exact) mass is 334 g/mol. The number of likely N-dealkylation sites (tertiary alicyclic amines) is 1. The molecule has 1 saturated heterocycles. The van der Waals surface area contributed by atoms with E-state index >= 15 is 0 Å². The van der Waals surface area contributed by atoms with Crippen LogP contribution in [0.5, 0.6) is 0 Å². The SMILES string of the molecule is C=CCSc1ccccc1NC(=O)CN1CCCC(C)(CO)C1. The fraction of sp³-hybridized carbons (Fsp3) is 0.500. The first-order valence-corrected chi connectivity index (χ1v) is 9.01. The van der Waals surface area contributed by atoms with Gasteiger partial charge in [0.2, 0.25) is 5.91 Å². The van der Waals surface area contributed by atoms with Crippen LogP contribution in [-0.2, 0) is 4.79 Å². The van der Waals surface area contributed by atoms with Crippen molar-refractivity contribution in [3.05, 3.63) is 36.9 Å². The van der Waals surface area contributed by atoms with Crippen molar-refractivity contribution in [1.82, 2.24) is 4.90 Å². The largest absolute Gasteiger partial charge is 0.396 e. The Morgan fingerprint density at radius 3 is 3.04 bits per heavy atom. The van der Waals surface area contributed by atoms with E-state index in [1.165, 1.54) is 0 Å².